The third kappa shape index (κ3) is 4.92. The van der Waals surface area contributed by atoms with E-state index in [2.05, 4.69) is 0 Å². The van der Waals surface area contributed by atoms with Crippen molar-refractivity contribution in [2.75, 3.05) is 0 Å². The maximum absolute atomic E-state index is 14.9. The van der Waals surface area contributed by atoms with Crippen molar-refractivity contribution in [3.8, 4) is 5.75 Å². The Kier molecular flexibility index (Phi) is 6.90. The Balaban J connectivity index is 1.38. The minimum Gasteiger partial charge on any atom is -0.465 e. The average Bonchev–Trinajstić information content (AvgIpc) is 2.79. The number of hydrogen-bond donors (Lipinski definition) is 1. The van der Waals surface area contributed by atoms with Gasteiger partial charge in [0.25, 0.3) is 0 Å². The Bertz CT molecular complexity index is 900. The first-order valence-electron chi connectivity index (χ1n) is 11.5. The van der Waals surface area contributed by atoms with Crippen LogP contribution in [0.4, 0.5) is 13.2 Å². The first kappa shape index (κ1) is 22.2. The van der Waals surface area contributed by atoms with E-state index < -0.39 is 17.9 Å². The van der Waals surface area contributed by atoms with Gasteiger partial charge in [0.1, 0.15) is 11.6 Å². The smallest absolute Gasteiger partial charge is 0.200 e. The molecule has 2 fully saturated rings. The minimum atomic E-state index is -1.04. The molecule has 2 aromatic rings. The molecule has 1 N–H and O–H groups in total. The van der Waals surface area contributed by atoms with Gasteiger partial charge in [-0.25, -0.2) is 13.2 Å². The van der Waals surface area contributed by atoms with Crippen molar-refractivity contribution < 1.29 is 23.0 Å². The van der Waals surface area contributed by atoms with Crippen molar-refractivity contribution in [3.05, 3.63) is 64.5 Å². The number of aliphatic hydroxyl groups is 1. The number of ether oxygens (including phenoxy) is 1. The highest BCUT2D eigenvalue weighted by atomic mass is 19.2. The maximum Gasteiger partial charge on any atom is 0.200 e. The first-order chi connectivity index (χ1) is 14.9. The summed E-state index contributed by atoms with van der Waals surface area (Å²) >= 11 is 0. The lowest BCUT2D eigenvalue weighted by Crippen LogP contribution is -2.30. The van der Waals surface area contributed by atoms with Gasteiger partial charge in [-0.3, -0.25) is 0 Å². The fraction of sp³-hybridized carbons (Fsp3) is 0.538. The molecule has 0 amide bonds. The van der Waals surface area contributed by atoms with Gasteiger partial charge in [-0.2, -0.15) is 0 Å². The van der Waals surface area contributed by atoms with Crippen LogP contribution in [-0.2, 0) is 0 Å². The van der Waals surface area contributed by atoms with E-state index in [1.54, 1.807) is 31.2 Å². The van der Waals surface area contributed by atoms with Gasteiger partial charge in [-0.05, 0) is 80.0 Å². The second-order valence-electron chi connectivity index (χ2n) is 9.24. The number of aliphatic hydroxyl groups excluding tert-OH is 1. The van der Waals surface area contributed by atoms with Gasteiger partial charge in [0.2, 0.25) is 0 Å². The second kappa shape index (κ2) is 9.64. The van der Waals surface area contributed by atoms with Crippen LogP contribution in [0.15, 0.2) is 30.3 Å². The van der Waals surface area contributed by atoms with Crippen molar-refractivity contribution >= 4 is 0 Å². The molecule has 0 aliphatic heterocycles. The van der Waals surface area contributed by atoms with Gasteiger partial charge in [-0.15, -0.1) is 0 Å². The highest BCUT2D eigenvalue weighted by Crippen LogP contribution is 2.41. The summed E-state index contributed by atoms with van der Waals surface area (Å²) in [6.45, 7) is 1.67. The highest BCUT2D eigenvalue weighted by Gasteiger charge is 2.31. The van der Waals surface area contributed by atoms with Crippen LogP contribution < -0.4 is 4.74 Å². The van der Waals surface area contributed by atoms with E-state index in [1.165, 1.54) is 12.5 Å². The molecule has 0 saturated heterocycles. The molecular formula is C26H31F3O2. The van der Waals surface area contributed by atoms with E-state index in [0.717, 1.165) is 25.7 Å². The van der Waals surface area contributed by atoms with E-state index in [9.17, 15) is 18.3 Å². The maximum atomic E-state index is 14.9. The monoisotopic (exact) mass is 432 g/mol. The van der Waals surface area contributed by atoms with E-state index in [4.69, 9.17) is 4.74 Å². The van der Waals surface area contributed by atoms with Crippen LogP contribution in [0.3, 0.4) is 0 Å². The number of rotatable bonds is 5. The molecule has 4 rings (SSSR count). The van der Waals surface area contributed by atoms with Gasteiger partial charge < -0.3 is 9.84 Å². The summed E-state index contributed by atoms with van der Waals surface area (Å²) in [4.78, 5) is 0. The predicted molar refractivity (Wildman–Crippen MR) is 115 cm³/mol. The molecule has 1 atom stereocenters. The molecule has 168 valence electrons. The molecule has 31 heavy (non-hydrogen) atoms. The summed E-state index contributed by atoms with van der Waals surface area (Å²) in [6, 6.07) is 8.09. The Hall–Kier alpha value is -2.01. The van der Waals surface area contributed by atoms with E-state index in [1.807, 2.05) is 0 Å². The zero-order valence-electron chi connectivity index (χ0n) is 18.0. The summed E-state index contributed by atoms with van der Waals surface area (Å²) in [6.07, 6.45) is 6.77. The topological polar surface area (TPSA) is 29.5 Å². The average molecular weight is 433 g/mol. The molecule has 0 spiro atoms. The summed E-state index contributed by atoms with van der Waals surface area (Å²) < 4.78 is 49.0. The molecule has 0 radical (unpaired) electrons. The largest absolute Gasteiger partial charge is 0.465 e. The highest BCUT2D eigenvalue weighted by molar-refractivity contribution is 5.32. The molecule has 2 aromatic carbocycles. The number of benzene rings is 2. The van der Waals surface area contributed by atoms with E-state index >= 15 is 0 Å². The lowest BCUT2D eigenvalue weighted by molar-refractivity contribution is -0.0737. The van der Waals surface area contributed by atoms with Gasteiger partial charge in [0.05, 0.1) is 0 Å². The van der Waals surface area contributed by atoms with Crippen LogP contribution in [0.25, 0.3) is 0 Å². The van der Waals surface area contributed by atoms with E-state index in [0.29, 0.717) is 48.1 Å². The molecule has 0 aromatic heterocycles. The van der Waals surface area contributed by atoms with Crippen molar-refractivity contribution in [1.82, 2.24) is 0 Å². The van der Waals surface area contributed by atoms with Crippen LogP contribution in [0.5, 0.6) is 5.75 Å². The zero-order valence-corrected chi connectivity index (χ0v) is 18.0. The molecular weight excluding hydrogens is 401 g/mol. The summed E-state index contributed by atoms with van der Waals surface area (Å²) in [5, 5.41) is 10.4. The fourth-order valence-corrected chi connectivity index (χ4v) is 5.22. The number of hydrogen-bond acceptors (Lipinski definition) is 2. The predicted octanol–water partition coefficient (Wildman–Crippen LogP) is 7.13. The molecule has 2 aliphatic rings. The summed E-state index contributed by atoms with van der Waals surface area (Å²) in [5.41, 5.74) is 1.50. The van der Waals surface area contributed by atoms with Crippen molar-refractivity contribution in [2.24, 2.45) is 5.92 Å². The number of halogens is 3. The lowest BCUT2D eigenvalue weighted by Gasteiger charge is -2.32. The Morgan fingerprint density at radius 1 is 0.806 bits per heavy atom. The Labute approximate surface area is 182 Å². The van der Waals surface area contributed by atoms with Crippen molar-refractivity contribution in [2.45, 2.75) is 82.8 Å². The molecule has 2 nitrogen and oxygen atoms in total. The van der Waals surface area contributed by atoms with Crippen molar-refractivity contribution in [1.29, 1.82) is 0 Å². The van der Waals surface area contributed by atoms with Crippen LogP contribution in [-0.4, -0.2) is 11.4 Å². The molecule has 1 unspecified atom stereocenters. The van der Waals surface area contributed by atoms with E-state index in [-0.39, 0.29) is 23.6 Å². The third-order valence-corrected chi connectivity index (χ3v) is 7.20. The van der Waals surface area contributed by atoms with Crippen LogP contribution in [0.1, 0.15) is 86.3 Å². The Morgan fingerprint density at radius 3 is 1.97 bits per heavy atom. The van der Waals surface area contributed by atoms with Gasteiger partial charge >= 0.3 is 0 Å². The molecule has 5 heteroatoms. The standard InChI is InChI=1S/C26H31F3O2/c1-16-7-12-20(15-23(16)27)31-26(30)19-10-8-18(9-11-19)22-14-13-21(24(28)25(22)29)17-5-3-2-4-6-17/h7,12-15,17-19,26,30H,2-6,8-11H2,1H3. The Morgan fingerprint density at radius 2 is 1.39 bits per heavy atom. The van der Waals surface area contributed by atoms with Crippen LogP contribution in [0, 0.1) is 30.3 Å². The van der Waals surface area contributed by atoms with Crippen LogP contribution in [0.2, 0.25) is 0 Å². The third-order valence-electron chi connectivity index (χ3n) is 7.20. The summed E-state index contributed by atoms with van der Waals surface area (Å²) in [5.74, 6) is -1.49. The van der Waals surface area contributed by atoms with Gasteiger partial charge in [0.15, 0.2) is 17.9 Å². The SMILES string of the molecule is Cc1ccc(OC(O)C2CCC(c3ccc(C4CCCCC4)c(F)c3F)CC2)cc1F. The minimum absolute atomic E-state index is 0.0600. The van der Waals surface area contributed by atoms with Gasteiger partial charge in [0, 0.05) is 12.0 Å². The quantitative estimate of drug-likeness (QED) is 0.509. The number of aryl methyl sites for hydroxylation is 1. The molecule has 0 bridgehead atoms. The summed E-state index contributed by atoms with van der Waals surface area (Å²) in [7, 11) is 0. The lowest BCUT2D eigenvalue weighted by atomic mass is 9.77. The second-order valence-corrected chi connectivity index (χ2v) is 9.24. The zero-order chi connectivity index (χ0) is 22.0. The normalized spacial score (nSPS) is 23.5. The van der Waals surface area contributed by atoms with Gasteiger partial charge in [-0.1, -0.05) is 37.5 Å². The van der Waals surface area contributed by atoms with Crippen molar-refractivity contribution in [3.63, 3.8) is 0 Å². The molecule has 2 aliphatic carbocycles. The first-order valence-corrected chi connectivity index (χ1v) is 11.5. The van der Waals surface area contributed by atoms with Crippen LogP contribution >= 0.6 is 0 Å². The molecule has 0 heterocycles. The molecule has 2 saturated carbocycles. The fourth-order valence-electron chi connectivity index (χ4n) is 5.22.